The summed E-state index contributed by atoms with van der Waals surface area (Å²) in [6.45, 7) is 0. The number of benzene rings is 1. The van der Waals surface area contributed by atoms with E-state index in [-0.39, 0.29) is 25.1 Å². The van der Waals surface area contributed by atoms with Crippen LogP contribution in [0.15, 0.2) is 28.6 Å². The minimum Gasteiger partial charge on any atom is -0.277 e. The SMILES string of the molecule is O=[N+]([O-])c1ccc(Cl)c(NS(=O)(=O)c2cnc(Cl)s2)c1. The highest BCUT2D eigenvalue weighted by molar-refractivity contribution is 7.94. The Hall–Kier alpha value is -1.42. The summed E-state index contributed by atoms with van der Waals surface area (Å²) in [5.74, 6) is 0. The molecule has 0 aliphatic heterocycles. The van der Waals surface area contributed by atoms with Crippen LogP contribution in [0.25, 0.3) is 0 Å². The molecule has 2 rings (SSSR count). The lowest BCUT2D eigenvalue weighted by molar-refractivity contribution is -0.384. The smallest absolute Gasteiger partial charge is 0.273 e. The molecule has 0 saturated carbocycles. The van der Waals surface area contributed by atoms with Gasteiger partial charge < -0.3 is 0 Å². The van der Waals surface area contributed by atoms with Gasteiger partial charge >= 0.3 is 0 Å². The molecule has 1 heterocycles. The van der Waals surface area contributed by atoms with Crippen molar-refractivity contribution in [2.24, 2.45) is 0 Å². The molecule has 20 heavy (non-hydrogen) atoms. The number of nitrogens with zero attached hydrogens (tertiary/aromatic N) is 2. The van der Waals surface area contributed by atoms with Crippen molar-refractivity contribution in [1.29, 1.82) is 0 Å². The topological polar surface area (TPSA) is 102 Å². The molecule has 0 fully saturated rings. The molecule has 0 bridgehead atoms. The van der Waals surface area contributed by atoms with Crippen LogP contribution in [0.4, 0.5) is 11.4 Å². The second kappa shape index (κ2) is 5.52. The van der Waals surface area contributed by atoms with Crippen molar-refractivity contribution in [2.45, 2.75) is 4.21 Å². The summed E-state index contributed by atoms with van der Waals surface area (Å²) in [7, 11) is -3.94. The fraction of sp³-hybridized carbons (Fsp3) is 0. The summed E-state index contributed by atoms with van der Waals surface area (Å²) < 4.78 is 26.1. The van der Waals surface area contributed by atoms with Crippen molar-refractivity contribution < 1.29 is 13.3 Å². The molecule has 0 aliphatic rings. The average molecular weight is 354 g/mol. The number of hydrogen-bond donors (Lipinski definition) is 1. The molecule has 0 atom stereocenters. The van der Waals surface area contributed by atoms with Crippen molar-refractivity contribution in [3.8, 4) is 0 Å². The first-order valence-corrected chi connectivity index (χ1v) is 7.93. The van der Waals surface area contributed by atoms with E-state index in [0.717, 1.165) is 23.6 Å². The van der Waals surface area contributed by atoms with Gasteiger partial charge in [0.05, 0.1) is 21.8 Å². The van der Waals surface area contributed by atoms with Gasteiger partial charge in [-0.15, -0.1) is 0 Å². The van der Waals surface area contributed by atoms with Gasteiger partial charge in [-0.3, -0.25) is 14.8 Å². The number of rotatable bonds is 4. The van der Waals surface area contributed by atoms with Crippen LogP contribution in [0.2, 0.25) is 9.49 Å². The van der Waals surface area contributed by atoms with Gasteiger partial charge in [0, 0.05) is 12.1 Å². The molecule has 1 aromatic carbocycles. The number of sulfonamides is 1. The van der Waals surface area contributed by atoms with Gasteiger partial charge in [0.2, 0.25) is 0 Å². The molecule has 2 aromatic rings. The minimum absolute atomic E-state index is 0.0368. The summed E-state index contributed by atoms with van der Waals surface area (Å²) in [5.41, 5.74) is -0.375. The van der Waals surface area contributed by atoms with Gasteiger partial charge in [-0.25, -0.2) is 13.4 Å². The van der Waals surface area contributed by atoms with E-state index in [2.05, 4.69) is 9.71 Å². The molecule has 1 N–H and O–H groups in total. The van der Waals surface area contributed by atoms with Crippen LogP contribution < -0.4 is 4.72 Å². The Balaban J connectivity index is 2.39. The molecular weight excluding hydrogens is 349 g/mol. The zero-order valence-electron chi connectivity index (χ0n) is 9.41. The van der Waals surface area contributed by atoms with Gasteiger partial charge in [0.15, 0.2) is 8.68 Å². The third-order valence-electron chi connectivity index (χ3n) is 2.13. The van der Waals surface area contributed by atoms with Gasteiger partial charge in [0.1, 0.15) is 0 Å². The zero-order chi connectivity index (χ0) is 14.9. The van der Waals surface area contributed by atoms with E-state index in [1.54, 1.807) is 0 Å². The van der Waals surface area contributed by atoms with E-state index in [1.165, 1.54) is 12.1 Å². The van der Waals surface area contributed by atoms with E-state index in [9.17, 15) is 18.5 Å². The Morgan fingerprint density at radius 1 is 1.35 bits per heavy atom. The standard InChI is InChI=1S/C9H5Cl2N3O4S2/c10-6-2-1-5(14(15)16)3-7(6)13-20(17,18)8-4-12-9(11)19-8/h1-4,13H. The average Bonchev–Trinajstić information content (AvgIpc) is 2.79. The maximum atomic E-state index is 12.0. The first kappa shape index (κ1) is 15.0. The predicted octanol–water partition coefficient (Wildman–Crippen LogP) is 3.16. The summed E-state index contributed by atoms with van der Waals surface area (Å²) in [5, 5.41) is 10.7. The van der Waals surface area contributed by atoms with E-state index in [0.29, 0.717) is 0 Å². The lowest BCUT2D eigenvalue weighted by atomic mass is 10.3. The fourth-order valence-corrected chi connectivity index (χ4v) is 3.85. The second-order valence-corrected chi connectivity index (χ2v) is 7.39. The molecule has 0 aliphatic carbocycles. The van der Waals surface area contributed by atoms with E-state index < -0.39 is 14.9 Å². The van der Waals surface area contributed by atoms with Gasteiger partial charge in [0.25, 0.3) is 15.7 Å². The number of aromatic nitrogens is 1. The lowest BCUT2D eigenvalue weighted by Crippen LogP contribution is -2.12. The van der Waals surface area contributed by atoms with Crippen LogP contribution in [0.1, 0.15) is 0 Å². The number of hydrogen-bond acceptors (Lipinski definition) is 6. The number of non-ortho nitro benzene ring substituents is 1. The zero-order valence-corrected chi connectivity index (χ0v) is 12.6. The fourth-order valence-electron chi connectivity index (χ4n) is 1.26. The van der Waals surface area contributed by atoms with Crippen LogP contribution in [0.5, 0.6) is 0 Å². The number of anilines is 1. The Morgan fingerprint density at radius 2 is 2.05 bits per heavy atom. The van der Waals surface area contributed by atoms with E-state index >= 15 is 0 Å². The maximum Gasteiger partial charge on any atom is 0.273 e. The number of nitrogens with one attached hydrogen (secondary N) is 1. The van der Waals surface area contributed by atoms with Crippen molar-refractivity contribution in [3.05, 3.63) is 44.0 Å². The molecule has 106 valence electrons. The molecule has 0 spiro atoms. The van der Waals surface area contributed by atoms with Crippen molar-refractivity contribution >= 4 is 55.9 Å². The maximum absolute atomic E-state index is 12.0. The predicted molar refractivity (Wildman–Crippen MR) is 76.0 cm³/mol. The molecule has 0 unspecified atom stereocenters. The monoisotopic (exact) mass is 353 g/mol. The first-order valence-electron chi connectivity index (χ1n) is 4.88. The minimum atomic E-state index is -3.94. The van der Waals surface area contributed by atoms with E-state index in [4.69, 9.17) is 23.2 Å². The second-order valence-electron chi connectivity index (χ2n) is 3.46. The van der Waals surface area contributed by atoms with Crippen LogP contribution in [0.3, 0.4) is 0 Å². The molecule has 0 radical (unpaired) electrons. The van der Waals surface area contributed by atoms with E-state index in [1.807, 2.05) is 0 Å². The Labute approximate surface area is 127 Å². The number of nitro benzene ring substituents is 1. The van der Waals surface area contributed by atoms with Gasteiger partial charge in [-0.2, -0.15) is 0 Å². The molecular formula is C9H5Cl2N3O4S2. The third-order valence-corrected chi connectivity index (χ3v) is 5.40. The molecule has 0 saturated heterocycles. The number of nitro groups is 1. The molecule has 11 heteroatoms. The summed E-state index contributed by atoms with van der Waals surface area (Å²) in [4.78, 5) is 13.6. The highest BCUT2D eigenvalue weighted by atomic mass is 35.5. The van der Waals surface area contributed by atoms with Crippen LogP contribution in [0, 0.1) is 10.1 Å². The Kier molecular flexibility index (Phi) is 4.14. The van der Waals surface area contributed by atoms with Crippen LogP contribution >= 0.6 is 34.5 Å². The quantitative estimate of drug-likeness (QED) is 0.671. The van der Waals surface area contributed by atoms with Crippen molar-refractivity contribution in [3.63, 3.8) is 0 Å². The molecule has 7 nitrogen and oxygen atoms in total. The van der Waals surface area contributed by atoms with Gasteiger partial charge in [-0.1, -0.05) is 34.5 Å². The summed E-state index contributed by atoms with van der Waals surface area (Å²) in [6.07, 6.45) is 1.08. The largest absolute Gasteiger partial charge is 0.277 e. The van der Waals surface area contributed by atoms with Crippen LogP contribution in [-0.2, 0) is 10.0 Å². The normalized spacial score (nSPS) is 11.3. The lowest BCUT2D eigenvalue weighted by Gasteiger charge is -2.07. The number of halogens is 2. The van der Waals surface area contributed by atoms with Crippen LogP contribution in [-0.4, -0.2) is 18.3 Å². The summed E-state index contributed by atoms with van der Waals surface area (Å²) in [6, 6.07) is 3.43. The van der Waals surface area contributed by atoms with Crippen molar-refractivity contribution in [1.82, 2.24) is 4.98 Å². The van der Waals surface area contributed by atoms with Gasteiger partial charge in [-0.05, 0) is 6.07 Å². The third kappa shape index (κ3) is 3.18. The highest BCUT2D eigenvalue weighted by Crippen LogP contribution is 2.30. The number of thiazole rings is 1. The first-order chi connectivity index (χ1) is 9.29. The van der Waals surface area contributed by atoms with Crippen molar-refractivity contribution in [2.75, 3.05) is 4.72 Å². The highest BCUT2D eigenvalue weighted by Gasteiger charge is 2.20. The Morgan fingerprint density at radius 3 is 2.60 bits per heavy atom. The Bertz CT molecular complexity index is 775. The summed E-state index contributed by atoms with van der Waals surface area (Å²) >= 11 is 12.1. The molecule has 0 amide bonds. The molecule has 1 aromatic heterocycles.